The van der Waals surface area contributed by atoms with Crippen molar-refractivity contribution in [2.75, 3.05) is 0 Å². The predicted molar refractivity (Wildman–Crippen MR) is 48.4 cm³/mol. The maximum Gasteiger partial charge on any atom is 0.190 e. The fraction of sp³-hybridized carbons (Fsp3) is 0. The highest BCUT2D eigenvalue weighted by molar-refractivity contribution is 6.31. The molecule has 0 aliphatic carbocycles. The van der Waals surface area contributed by atoms with Crippen LogP contribution in [0.15, 0.2) is 29.1 Å². The first-order valence-electron chi connectivity index (χ1n) is 3.46. The molecular formula is C9H5ClNO. The fourth-order valence-electron chi connectivity index (χ4n) is 1.09. The number of aromatic nitrogens is 1. The summed E-state index contributed by atoms with van der Waals surface area (Å²) in [6.07, 6.45) is 2.64. The molecule has 2 rings (SSSR count). The van der Waals surface area contributed by atoms with E-state index in [2.05, 4.69) is 11.2 Å². The number of hydrogen-bond donors (Lipinski definition) is 1. The second-order valence-corrected chi connectivity index (χ2v) is 2.90. The second-order valence-electron chi connectivity index (χ2n) is 2.47. The maximum absolute atomic E-state index is 11.2. The Morgan fingerprint density at radius 3 is 3.08 bits per heavy atom. The smallest absolute Gasteiger partial charge is 0.190 e. The van der Waals surface area contributed by atoms with Crippen molar-refractivity contribution in [3.05, 3.63) is 45.7 Å². The molecule has 1 aromatic heterocycles. The highest BCUT2D eigenvalue weighted by Crippen LogP contribution is 2.13. The van der Waals surface area contributed by atoms with Gasteiger partial charge in [0, 0.05) is 22.0 Å². The van der Waals surface area contributed by atoms with Gasteiger partial charge >= 0.3 is 0 Å². The first-order chi connectivity index (χ1) is 5.77. The molecule has 0 saturated heterocycles. The predicted octanol–water partition coefficient (Wildman–Crippen LogP) is 1.98. The normalized spacial score (nSPS) is 10.4. The molecule has 12 heavy (non-hydrogen) atoms. The molecule has 0 aliphatic heterocycles. The van der Waals surface area contributed by atoms with Gasteiger partial charge in [0.25, 0.3) is 0 Å². The number of benzene rings is 1. The van der Waals surface area contributed by atoms with E-state index in [-0.39, 0.29) is 5.43 Å². The van der Waals surface area contributed by atoms with Gasteiger partial charge < -0.3 is 4.98 Å². The monoisotopic (exact) mass is 178 g/mol. The van der Waals surface area contributed by atoms with Crippen molar-refractivity contribution < 1.29 is 0 Å². The first-order valence-corrected chi connectivity index (χ1v) is 3.84. The molecule has 0 unspecified atom stereocenters. The van der Waals surface area contributed by atoms with Gasteiger partial charge in [-0.3, -0.25) is 4.79 Å². The number of hydrogen-bond acceptors (Lipinski definition) is 1. The number of rotatable bonds is 0. The van der Waals surface area contributed by atoms with Crippen molar-refractivity contribution in [3.8, 4) is 0 Å². The van der Waals surface area contributed by atoms with E-state index in [1.165, 1.54) is 6.07 Å². The van der Waals surface area contributed by atoms with Crippen LogP contribution in [0.2, 0.25) is 5.02 Å². The van der Waals surface area contributed by atoms with E-state index in [0.29, 0.717) is 10.4 Å². The summed E-state index contributed by atoms with van der Waals surface area (Å²) in [5.74, 6) is 0. The minimum Gasteiger partial charge on any atom is -0.353 e. The number of H-pyrrole nitrogens is 1. The summed E-state index contributed by atoms with van der Waals surface area (Å²) in [6.45, 7) is 0. The van der Waals surface area contributed by atoms with Crippen LogP contribution in [-0.2, 0) is 0 Å². The van der Waals surface area contributed by atoms with Gasteiger partial charge in [-0.05, 0) is 18.2 Å². The Morgan fingerprint density at radius 2 is 2.25 bits per heavy atom. The number of nitrogens with one attached hydrogen (secondary N) is 1. The minimum absolute atomic E-state index is 0.0637. The van der Waals surface area contributed by atoms with Gasteiger partial charge in [0.1, 0.15) is 0 Å². The standard InChI is InChI=1S/C9H5ClNO/c10-6-1-2-8-7(5-6)9(12)3-4-11-8/h1-3,5H,(H,11,12). The SMILES string of the molecule is O=c1c[c][nH]c2ccc(Cl)cc12. The average molecular weight is 179 g/mol. The number of halogens is 1. The third-order valence-electron chi connectivity index (χ3n) is 1.66. The molecule has 0 atom stereocenters. The van der Waals surface area contributed by atoms with Gasteiger partial charge in [-0.1, -0.05) is 11.6 Å². The van der Waals surface area contributed by atoms with Crippen molar-refractivity contribution in [2.45, 2.75) is 0 Å². The summed E-state index contributed by atoms with van der Waals surface area (Å²) < 4.78 is 0. The molecule has 2 nitrogen and oxygen atoms in total. The Morgan fingerprint density at radius 1 is 1.42 bits per heavy atom. The summed E-state index contributed by atoms with van der Waals surface area (Å²) in [6, 6.07) is 6.49. The van der Waals surface area contributed by atoms with Crippen molar-refractivity contribution in [3.63, 3.8) is 0 Å². The quantitative estimate of drug-likeness (QED) is 0.658. The first kappa shape index (κ1) is 7.37. The summed E-state index contributed by atoms with van der Waals surface area (Å²) >= 11 is 5.73. The highest BCUT2D eigenvalue weighted by atomic mass is 35.5. The highest BCUT2D eigenvalue weighted by Gasteiger charge is 1.97. The summed E-state index contributed by atoms with van der Waals surface area (Å²) in [7, 11) is 0. The third kappa shape index (κ3) is 1.10. The molecule has 0 saturated carbocycles. The number of pyridine rings is 1. The van der Waals surface area contributed by atoms with Crippen LogP contribution >= 0.6 is 11.6 Å². The molecule has 0 bridgehead atoms. The molecule has 1 heterocycles. The van der Waals surface area contributed by atoms with Crippen LogP contribution in [0.25, 0.3) is 10.9 Å². The third-order valence-corrected chi connectivity index (χ3v) is 1.89. The van der Waals surface area contributed by atoms with Crippen LogP contribution in [0.3, 0.4) is 0 Å². The van der Waals surface area contributed by atoms with Crippen LogP contribution < -0.4 is 5.43 Å². The molecule has 0 spiro atoms. The second kappa shape index (κ2) is 2.64. The van der Waals surface area contributed by atoms with Gasteiger partial charge in [-0.15, -0.1) is 0 Å². The largest absolute Gasteiger partial charge is 0.353 e. The topological polar surface area (TPSA) is 32.9 Å². The average Bonchev–Trinajstić information content (AvgIpc) is 2.07. The summed E-state index contributed by atoms with van der Waals surface area (Å²) in [5.41, 5.74) is 0.693. The molecule has 1 radical (unpaired) electrons. The van der Waals surface area contributed by atoms with Crippen molar-refractivity contribution >= 4 is 22.5 Å². The maximum atomic E-state index is 11.2. The lowest BCUT2D eigenvalue weighted by atomic mass is 10.2. The number of fused-ring (bicyclic) bond motifs is 1. The van der Waals surface area contributed by atoms with E-state index in [9.17, 15) is 4.79 Å². The van der Waals surface area contributed by atoms with Crippen molar-refractivity contribution in [1.82, 2.24) is 4.98 Å². The molecule has 0 aliphatic rings. The van der Waals surface area contributed by atoms with E-state index < -0.39 is 0 Å². The summed E-state index contributed by atoms with van der Waals surface area (Å²) in [5, 5.41) is 1.17. The summed E-state index contributed by atoms with van der Waals surface area (Å²) in [4.78, 5) is 14.1. The Kier molecular flexibility index (Phi) is 1.62. The van der Waals surface area contributed by atoms with E-state index in [1.54, 1.807) is 18.2 Å². The van der Waals surface area contributed by atoms with E-state index in [1.807, 2.05) is 0 Å². The molecule has 0 fully saturated rings. The van der Waals surface area contributed by atoms with Crippen LogP contribution in [0.5, 0.6) is 0 Å². The molecular weight excluding hydrogens is 174 g/mol. The zero-order valence-corrected chi connectivity index (χ0v) is 6.85. The Balaban J connectivity index is 2.98. The Labute approximate surface area is 73.8 Å². The minimum atomic E-state index is -0.0637. The van der Waals surface area contributed by atoms with E-state index >= 15 is 0 Å². The molecule has 3 heteroatoms. The lowest BCUT2D eigenvalue weighted by Gasteiger charge is -1.95. The van der Waals surface area contributed by atoms with Gasteiger partial charge in [-0.2, -0.15) is 0 Å². The Hall–Kier alpha value is -1.28. The van der Waals surface area contributed by atoms with Gasteiger partial charge in [0.2, 0.25) is 0 Å². The van der Waals surface area contributed by atoms with Gasteiger partial charge in [0.05, 0.1) is 6.20 Å². The van der Waals surface area contributed by atoms with Crippen LogP contribution in [0.4, 0.5) is 0 Å². The fourth-order valence-corrected chi connectivity index (χ4v) is 1.26. The van der Waals surface area contributed by atoms with Crippen LogP contribution in [0, 0.1) is 6.20 Å². The zero-order chi connectivity index (χ0) is 8.55. The van der Waals surface area contributed by atoms with Crippen LogP contribution in [0.1, 0.15) is 0 Å². The van der Waals surface area contributed by atoms with Crippen LogP contribution in [-0.4, -0.2) is 4.98 Å². The zero-order valence-electron chi connectivity index (χ0n) is 6.10. The van der Waals surface area contributed by atoms with Gasteiger partial charge in [-0.25, -0.2) is 0 Å². The van der Waals surface area contributed by atoms with E-state index in [4.69, 9.17) is 11.6 Å². The lowest BCUT2D eigenvalue weighted by molar-refractivity contribution is 1.37. The van der Waals surface area contributed by atoms with E-state index in [0.717, 1.165) is 5.52 Å². The van der Waals surface area contributed by atoms with Gasteiger partial charge in [0.15, 0.2) is 5.43 Å². The molecule has 2 aromatic rings. The van der Waals surface area contributed by atoms with Crippen molar-refractivity contribution in [1.29, 1.82) is 0 Å². The molecule has 0 amide bonds. The van der Waals surface area contributed by atoms with Crippen molar-refractivity contribution in [2.24, 2.45) is 0 Å². The Bertz CT molecular complexity index is 475. The lowest BCUT2D eigenvalue weighted by Crippen LogP contribution is -1.99. The molecule has 1 aromatic carbocycles. The molecule has 59 valence electrons. The molecule has 1 N–H and O–H groups in total. The number of aromatic amines is 1.